The van der Waals surface area contributed by atoms with Crippen molar-refractivity contribution in [3.8, 4) is 17.2 Å². The molecular formula is C17H21NO2. The first-order valence-electron chi connectivity index (χ1n) is 6.87. The summed E-state index contributed by atoms with van der Waals surface area (Å²) in [5.41, 5.74) is 2.38. The second-order valence-electron chi connectivity index (χ2n) is 4.64. The van der Waals surface area contributed by atoms with Gasteiger partial charge in [0.2, 0.25) is 0 Å². The van der Waals surface area contributed by atoms with Crippen LogP contribution in [0.2, 0.25) is 0 Å². The van der Waals surface area contributed by atoms with E-state index in [4.69, 9.17) is 9.47 Å². The van der Waals surface area contributed by atoms with Crippen molar-refractivity contribution in [3.05, 3.63) is 53.6 Å². The largest absolute Gasteiger partial charge is 0.494 e. The van der Waals surface area contributed by atoms with Gasteiger partial charge in [-0.3, -0.25) is 0 Å². The highest BCUT2D eigenvalue weighted by Crippen LogP contribution is 2.27. The first-order chi connectivity index (χ1) is 9.72. The number of nitrogens with one attached hydrogen (secondary N) is 1. The van der Waals surface area contributed by atoms with E-state index in [0.29, 0.717) is 6.61 Å². The molecule has 0 fully saturated rings. The van der Waals surface area contributed by atoms with Crippen LogP contribution >= 0.6 is 0 Å². The molecule has 3 heteroatoms. The molecule has 0 amide bonds. The third kappa shape index (κ3) is 3.75. The molecule has 0 aromatic heterocycles. The highest BCUT2D eigenvalue weighted by atomic mass is 16.5. The van der Waals surface area contributed by atoms with E-state index in [1.165, 1.54) is 5.56 Å². The number of benzene rings is 2. The van der Waals surface area contributed by atoms with E-state index in [9.17, 15) is 0 Å². The zero-order valence-corrected chi connectivity index (χ0v) is 12.3. The van der Waals surface area contributed by atoms with Crippen LogP contribution < -0.4 is 14.8 Å². The first kappa shape index (κ1) is 14.4. The average Bonchev–Trinajstić information content (AvgIpc) is 2.44. The van der Waals surface area contributed by atoms with Gasteiger partial charge in [0.05, 0.1) is 6.61 Å². The Labute approximate surface area is 120 Å². The maximum Gasteiger partial charge on any atom is 0.130 e. The first-order valence-corrected chi connectivity index (χ1v) is 6.87. The minimum absolute atomic E-state index is 0.673. The van der Waals surface area contributed by atoms with Crippen LogP contribution in [0.1, 0.15) is 18.1 Å². The van der Waals surface area contributed by atoms with Gasteiger partial charge in [0.25, 0.3) is 0 Å². The van der Waals surface area contributed by atoms with Crippen molar-refractivity contribution < 1.29 is 9.47 Å². The van der Waals surface area contributed by atoms with E-state index in [0.717, 1.165) is 29.4 Å². The van der Waals surface area contributed by atoms with Gasteiger partial charge in [0.15, 0.2) is 0 Å². The predicted octanol–water partition coefficient (Wildman–Crippen LogP) is 3.91. The highest BCUT2D eigenvalue weighted by molar-refractivity contribution is 5.41. The Morgan fingerprint density at radius 2 is 1.70 bits per heavy atom. The van der Waals surface area contributed by atoms with Crippen molar-refractivity contribution >= 4 is 0 Å². The van der Waals surface area contributed by atoms with Crippen molar-refractivity contribution in [1.82, 2.24) is 5.32 Å². The summed E-state index contributed by atoms with van der Waals surface area (Å²) in [5.74, 6) is 2.56. The van der Waals surface area contributed by atoms with Crippen molar-refractivity contribution in [1.29, 1.82) is 0 Å². The second-order valence-corrected chi connectivity index (χ2v) is 4.64. The molecule has 106 valence electrons. The van der Waals surface area contributed by atoms with Gasteiger partial charge in [0.1, 0.15) is 17.2 Å². The monoisotopic (exact) mass is 271 g/mol. The molecule has 2 rings (SSSR count). The summed E-state index contributed by atoms with van der Waals surface area (Å²) in [6.45, 7) is 5.57. The van der Waals surface area contributed by atoms with E-state index < -0.39 is 0 Å². The fourth-order valence-corrected chi connectivity index (χ4v) is 2.04. The summed E-state index contributed by atoms with van der Waals surface area (Å²) in [7, 11) is 1.94. The van der Waals surface area contributed by atoms with Crippen LogP contribution in [0.15, 0.2) is 42.5 Å². The summed E-state index contributed by atoms with van der Waals surface area (Å²) in [5, 5.41) is 3.14. The lowest BCUT2D eigenvalue weighted by molar-refractivity contribution is 0.339. The maximum atomic E-state index is 5.90. The summed E-state index contributed by atoms with van der Waals surface area (Å²) < 4.78 is 11.3. The van der Waals surface area contributed by atoms with E-state index in [1.54, 1.807) is 0 Å². The molecule has 3 nitrogen and oxygen atoms in total. The molecule has 2 aromatic rings. The number of rotatable bonds is 6. The van der Waals surface area contributed by atoms with Crippen LogP contribution in [0.25, 0.3) is 0 Å². The Morgan fingerprint density at radius 3 is 2.30 bits per heavy atom. The van der Waals surface area contributed by atoms with Gasteiger partial charge in [-0.25, -0.2) is 0 Å². The zero-order chi connectivity index (χ0) is 14.4. The van der Waals surface area contributed by atoms with Gasteiger partial charge in [0, 0.05) is 6.54 Å². The van der Waals surface area contributed by atoms with Gasteiger partial charge < -0.3 is 14.8 Å². The lowest BCUT2D eigenvalue weighted by Crippen LogP contribution is -2.05. The smallest absolute Gasteiger partial charge is 0.130 e. The van der Waals surface area contributed by atoms with Crippen LogP contribution in [0.4, 0.5) is 0 Å². The quantitative estimate of drug-likeness (QED) is 0.864. The molecule has 0 aliphatic carbocycles. The Morgan fingerprint density at radius 1 is 1.00 bits per heavy atom. The Hall–Kier alpha value is -2.00. The molecule has 0 bridgehead atoms. The average molecular weight is 271 g/mol. The van der Waals surface area contributed by atoms with E-state index in [2.05, 4.69) is 24.4 Å². The summed E-state index contributed by atoms with van der Waals surface area (Å²) in [6.07, 6.45) is 0. The van der Waals surface area contributed by atoms with E-state index in [1.807, 2.05) is 44.3 Å². The maximum absolute atomic E-state index is 5.90. The molecule has 1 N–H and O–H groups in total. The zero-order valence-electron chi connectivity index (χ0n) is 12.3. The summed E-state index contributed by atoms with van der Waals surface area (Å²) >= 11 is 0. The molecule has 2 aromatic carbocycles. The lowest BCUT2D eigenvalue weighted by Gasteiger charge is -2.11. The van der Waals surface area contributed by atoms with Crippen LogP contribution in [-0.4, -0.2) is 13.7 Å². The van der Waals surface area contributed by atoms with Gasteiger partial charge in [-0.15, -0.1) is 0 Å². The normalized spacial score (nSPS) is 10.3. The standard InChI is InChI=1S/C17H21NO2/c1-4-19-15-6-8-16(9-7-15)20-17-10-5-14(12-18-3)11-13(17)2/h5-11,18H,4,12H2,1-3H3. The summed E-state index contributed by atoms with van der Waals surface area (Å²) in [6, 6.07) is 13.9. The van der Waals surface area contributed by atoms with Crippen molar-refractivity contribution in [2.24, 2.45) is 0 Å². The topological polar surface area (TPSA) is 30.5 Å². The van der Waals surface area contributed by atoms with Crippen molar-refractivity contribution in [2.45, 2.75) is 20.4 Å². The van der Waals surface area contributed by atoms with E-state index in [-0.39, 0.29) is 0 Å². The number of ether oxygens (including phenoxy) is 2. The molecule has 20 heavy (non-hydrogen) atoms. The van der Waals surface area contributed by atoms with Crippen LogP contribution in [-0.2, 0) is 6.54 Å². The number of hydrogen-bond acceptors (Lipinski definition) is 3. The molecule has 0 atom stereocenters. The van der Waals surface area contributed by atoms with Crippen LogP contribution in [0, 0.1) is 6.92 Å². The van der Waals surface area contributed by atoms with E-state index >= 15 is 0 Å². The molecule has 0 radical (unpaired) electrons. The molecule has 0 saturated heterocycles. The molecule has 0 heterocycles. The minimum Gasteiger partial charge on any atom is -0.494 e. The number of aryl methyl sites for hydroxylation is 1. The summed E-state index contributed by atoms with van der Waals surface area (Å²) in [4.78, 5) is 0. The Bertz CT molecular complexity index is 549. The van der Waals surface area contributed by atoms with Crippen molar-refractivity contribution in [2.75, 3.05) is 13.7 Å². The third-order valence-electron chi connectivity index (χ3n) is 2.98. The SMILES string of the molecule is CCOc1ccc(Oc2ccc(CNC)cc2C)cc1. The third-order valence-corrected chi connectivity index (χ3v) is 2.98. The minimum atomic E-state index is 0.673. The van der Waals surface area contributed by atoms with Gasteiger partial charge in [-0.2, -0.15) is 0 Å². The van der Waals surface area contributed by atoms with Gasteiger partial charge in [-0.05, 0) is 62.4 Å². The molecule has 0 saturated carbocycles. The molecule has 0 aliphatic heterocycles. The number of hydrogen-bond donors (Lipinski definition) is 1. The molecular weight excluding hydrogens is 250 g/mol. The molecule has 0 aliphatic rings. The van der Waals surface area contributed by atoms with Crippen LogP contribution in [0.3, 0.4) is 0 Å². The molecule has 0 spiro atoms. The van der Waals surface area contributed by atoms with Gasteiger partial charge in [-0.1, -0.05) is 12.1 Å². The van der Waals surface area contributed by atoms with Crippen LogP contribution in [0.5, 0.6) is 17.2 Å². The Balaban J connectivity index is 2.09. The fraction of sp³-hybridized carbons (Fsp3) is 0.294. The Kier molecular flexibility index (Phi) is 5.02. The van der Waals surface area contributed by atoms with Crippen molar-refractivity contribution in [3.63, 3.8) is 0 Å². The highest BCUT2D eigenvalue weighted by Gasteiger charge is 2.03. The second kappa shape index (κ2) is 6.96. The molecule has 0 unspecified atom stereocenters. The van der Waals surface area contributed by atoms with Gasteiger partial charge >= 0.3 is 0 Å². The predicted molar refractivity (Wildman–Crippen MR) is 81.6 cm³/mol. The lowest BCUT2D eigenvalue weighted by atomic mass is 10.1. The fourth-order valence-electron chi connectivity index (χ4n) is 2.04.